The Labute approximate surface area is 217 Å². The van der Waals surface area contributed by atoms with Crippen molar-refractivity contribution in [1.82, 2.24) is 0 Å². The van der Waals surface area contributed by atoms with Crippen molar-refractivity contribution >= 4 is 27.4 Å². The number of halogens is 1. The van der Waals surface area contributed by atoms with Crippen LogP contribution >= 0.6 is 11.6 Å². The zero-order valence-corrected chi connectivity index (χ0v) is 22.3. The fourth-order valence-corrected chi connectivity index (χ4v) is 4.39. The predicted molar refractivity (Wildman–Crippen MR) is 140 cm³/mol. The standard InChI is InChI=1S/C28H27ClO6S/c1-28(2,3)35-27(30)18-34-25-15-11-22(29)17-21(25)8-6-19-7-14-24(26(16-19)36(5,31)32)20-9-12-23(33-4)13-10-20/h7,9-17H,18H2,1-5H3. The molecule has 0 radical (unpaired) electrons. The van der Waals surface area contributed by atoms with Crippen LogP contribution in [0.2, 0.25) is 5.02 Å². The van der Waals surface area contributed by atoms with Gasteiger partial charge in [0.05, 0.1) is 17.6 Å². The van der Waals surface area contributed by atoms with E-state index in [0.29, 0.717) is 33.2 Å². The van der Waals surface area contributed by atoms with Crippen molar-refractivity contribution in [2.75, 3.05) is 20.0 Å². The quantitative estimate of drug-likeness (QED) is 0.310. The number of methoxy groups -OCH3 is 1. The second-order valence-electron chi connectivity index (χ2n) is 8.98. The summed E-state index contributed by atoms with van der Waals surface area (Å²) in [4.78, 5) is 12.2. The van der Waals surface area contributed by atoms with Gasteiger partial charge < -0.3 is 14.2 Å². The van der Waals surface area contributed by atoms with E-state index in [1.165, 1.54) is 6.07 Å². The van der Waals surface area contributed by atoms with Gasteiger partial charge in [0.15, 0.2) is 16.4 Å². The summed E-state index contributed by atoms with van der Waals surface area (Å²) in [6.07, 6.45) is 1.16. The molecule has 0 heterocycles. The van der Waals surface area contributed by atoms with E-state index in [-0.39, 0.29) is 11.5 Å². The minimum atomic E-state index is -3.55. The largest absolute Gasteiger partial charge is 0.497 e. The molecule has 0 aliphatic rings. The zero-order chi connectivity index (χ0) is 26.5. The lowest BCUT2D eigenvalue weighted by Gasteiger charge is -2.19. The van der Waals surface area contributed by atoms with Gasteiger partial charge in [0, 0.05) is 22.4 Å². The number of ether oxygens (including phenoxy) is 3. The average Bonchev–Trinajstić information content (AvgIpc) is 2.80. The minimum absolute atomic E-state index is 0.159. The lowest BCUT2D eigenvalue weighted by Crippen LogP contribution is -2.27. The van der Waals surface area contributed by atoms with Gasteiger partial charge in [-0.2, -0.15) is 0 Å². The molecular weight excluding hydrogens is 500 g/mol. The number of sulfone groups is 1. The maximum absolute atomic E-state index is 12.6. The molecule has 0 amide bonds. The van der Waals surface area contributed by atoms with E-state index in [1.807, 2.05) is 0 Å². The van der Waals surface area contributed by atoms with Crippen LogP contribution in [-0.2, 0) is 19.4 Å². The van der Waals surface area contributed by atoms with Crippen LogP contribution in [0.3, 0.4) is 0 Å². The van der Waals surface area contributed by atoms with Crippen molar-refractivity contribution in [3.63, 3.8) is 0 Å². The Balaban J connectivity index is 1.93. The van der Waals surface area contributed by atoms with Crippen molar-refractivity contribution in [3.8, 4) is 34.5 Å². The van der Waals surface area contributed by atoms with Gasteiger partial charge in [-0.15, -0.1) is 0 Å². The van der Waals surface area contributed by atoms with Gasteiger partial charge in [-0.25, -0.2) is 13.2 Å². The molecule has 0 bridgehead atoms. The lowest BCUT2D eigenvalue weighted by atomic mass is 10.0. The summed E-state index contributed by atoms with van der Waals surface area (Å²) in [7, 11) is -1.98. The van der Waals surface area contributed by atoms with Crippen molar-refractivity contribution in [2.24, 2.45) is 0 Å². The Morgan fingerprint density at radius 2 is 1.67 bits per heavy atom. The first-order valence-corrected chi connectivity index (χ1v) is 13.3. The number of rotatable bonds is 6. The molecule has 3 aromatic carbocycles. The van der Waals surface area contributed by atoms with Gasteiger partial charge in [0.25, 0.3) is 0 Å². The Hall–Kier alpha value is -3.47. The molecule has 8 heteroatoms. The van der Waals surface area contributed by atoms with E-state index in [9.17, 15) is 13.2 Å². The number of esters is 1. The Kier molecular flexibility index (Phi) is 8.34. The molecule has 0 aliphatic carbocycles. The van der Waals surface area contributed by atoms with Gasteiger partial charge in [0.1, 0.15) is 17.1 Å². The van der Waals surface area contributed by atoms with Crippen LogP contribution in [-0.4, -0.2) is 40.0 Å². The van der Waals surface area contributed by atoms with Gasteiger partial charge in [-0.3, -0.25) is 0 Å². The third-order valence-electron chi connectivity index (χ3n) is 4.83. The molecule has 0 saturated carbocycles. The summed E-state index contributed by atoms with van der Waals surface area (Å²) in [6, 6.07) is 17.0. The SMILES string of the molecule is COc1ccc(-c2ccc(C#Cc3cc(Cl)ccc3OCC(=O)OC(C)(C)C)cc2S(C)(=O)=O)cc1. The molecule has 3 aromatic rings. The molecule has 0 saturated heterocycles. The molecule has 0 spiro atoms. The second kappa shape index (κ2) is 11.1. The average molecular weight is 527 g/mol. The van der Waals surface area contributed by atoms with Crippen LogP contribution in [0.4, 0.5) is 0 Å². The molecule has 0 aromatic heterocycles. The van der Waals surface area contributed by atoms with Crippen LogP contribution in [0, 0.1) is 11.8 Å². The number of hydrogen-bond acceptors (Lipinski definition) is 6. The van der Waals surface area contributed by atoms with E-state index in [2.05, 4.69) is 11.8 Å². The molecule has 36 heavy (non-hydrogen) atoms. The molecule has 3 rings (SSSR count). The third-order valence-corrected chi connectivity index (χ3v) is 6.20. The smallest absolute Gasteiger partial charge is 0.344 e. The third kappa shape index (κ3) is 7.51. The van der Waals surface area contributed by atoms with Crippen molar-refractivity contribution < 1.29 is 27.4 Å². The van der Waals surface area contributed by atoms with Crippen molar-refractivity contribution in [3.05, 3.63) is 76.8 Å². The lowest BCUT2D eigenvalue weighted by molar-refractivity contribution is -0.157. The molecule has 188 valence electrons. The predicted octanol–water partition coefficient (Wildman–Crippen LogP) is 5.54. The Morgan fingerprint density at radius 1 is 0.972 bits per heavy atom. The zero-order valence-electron chi connectivity index (χ0n) is 20.7. The molecule has 0 N–H and O–H groups in total. The van der Waals surface area contributed by atoms with Gasteiger partial charge in [0.2, 0.25) is 0 Å². The molecule has 0 fully saturated rings. The van der Waals surface area contributed by atoms with Crippen LogP contribution in [0.1, 0.15) is 31.9 Å². The first kappa shape index (κ1) is 27.1. The highest BCUT2D eigenvalue weighted by Gasteiger charge is 2.18. The van der Waals surface area contributed by atoms with Crippen LogP contribution < -0.4 is 9.47 Å². The molecule has 0 unspecified atom stereocenters. The van der Waals surface area contributed by atoms with E-state index in [4.69, 9.17) is 25.8 Å². The van der Waals surface area contributed by atoms with Gasteiger partial charge in [-0.05, 0) is 68.8 Å². The molecule has 0 aliphatic heterocycles. The highest BCUT2D eigenvalue weighted by molar-refractivity contribution is 7.90. The summed E-state index contributed by atoms with van der Waals surface area (Å²) >= 11 is 6.14. The van der Waals surface area contributed by atoms with E-state index in [1.54, 1.807) is 82.5 Å². The van der Waals surface area contributed by atoms with Gasteiger partial charge in [-0.1, -0.05) is 41.6 Å². The number of hydrogen-bond donors (Lipinski definition) is 0. The number of benzene rings is 3. The Morgan fingerprint density at radius 3 is 2.28 bits per heavy atom. The summed E-state index contributed by atoms with van der Waals surface area (Å²) in [5, 5.41) is 0.440. The van der Waals surface area contributed by atoms with E-state index in [0.717, 1.165) is 11.8 Å². The maximum atomic E-state index is 12.6. The van der Waals surface area contributed by atoms with Crippen LogP contribution in [0.15, 0.2) is 65.6 Å². The highest BCUT2D eigenvalue weighted by atomic mass is 35.5. The summed E-state index contributed by atoms with van der Waals surface area (Å²) in [5.74, 6) is 6.47. The summed E-state index contributed by atoms with van der Waals surface area (Å²) in [6.45, 7) is 5.03. The van der Waals surface area contributed by atoms with Crippen LogP contribution in [0.5, 0.6) is 11.5 Å². The van der Waals surface area contributed by atoms with Crippen LogP contribution in [0.25, 0.3) is 11.1 Å². The molecule has 0 atom stereocenters. The number of carbonyl (C=O) groups is 1. The highest BCUT2D eigenvalue weighted by Crippen LogP contribution is 2.30. The van der Waals surface area contributed by atoms with E-state index >= 15 is 0 Å². The fraction of sp³-hybridized carbons (Fsp3) is 0.250. The van der Waals surface area contributed by atoms with Crippen molar-refractivity contribution in [2.45, 2.75) is 31.3 Å². The van der Waals surface area contributed by atoms with Gasteiger partial charge >= 0.3 is 5.97 Å². The summed E-state index contributed by atoms with van der Waals surface area (Å²) < 4.78 is 41.2. The number of carbonyl (C=O) groups excluding carboxylic acids is 1. The van der Waals surface area contributed by atoms with Crippen molar-refractivity contribution in [1.29, 1.82) is 0 Å². The van der Waals surface area contributed by atoms with E-state index < -0.39 is 21.4 Å². The Bertz CT molecular complexity index is 1430. The maximum Gasteiger partial charge on any atom is 0.344 e. The summed E-state index contributed by atoms with van der Waals surface area (Å²) in [5.41, 5.74) is 1.62. The first-order chi connectivity index (χ1) is 16.9. The molecule has 6 nitrogen and oxygen atoms in total. The minimum Gasteiger partial charge on any atom is -0.497 e. The normalized spacial score (nSPS) is 11.3. The monoisotopic (exact) mass is 526 g/mol. The molecular formula is C28H27ClO6S. The first-order valence-electron chi connectivity index (χ1n) is 11.0. The fourth-order valence-electron chi connectivity index (χ4n) is 3.29. The topological polar surface area (TPSA) is 78.9 Å². The second-order valence-corrected chi connectivity index (χ2v) is 11.4.